The fraction of sp³-hybridized carbons (Fsp3) is 0.783. The zero-order chi connectivity index (χ0) is 22.2. The molecule has 1 fully saturated rings. The lowest BCUT2D eigenvalue weighted by atomic mass is 9.85. The van der Waals surface area contributed by atoms with Crippen LogP contribution in [0.15, 0.2) is 12.1 Å². The highest BCUT2D eigenvalue weighted by Crippen LogP contribution is 2.37. The summed E-state index contributed by atoms with van der Waals surface area (Å²) in [5, 5.41) is 0. The fourth-order valence-electron chi connectivity index (χ4n) is 4.61. The lowest BCUT2D eigenvalue weighted by Gasteiger charge is -2.25. The molecule has 4 N–H and O–H groups in total. The van der Waals surface area contributed by atoms with Gasteiger partial charge in [0.2, 0.25) is 0 Å². The molecule has 0 bridgehead atoms. The number of Topliss-reactive ketones (excluding diaryl/α,β-unsaturated/α-hetero) is 1. The molecule has 1 aromatic rings. The number of nitrogens with zero attached hydrogens (tertiary/aromatic N) is 1. The van der Waals surface area contributed by atoms with Crippen molar-refractivity contribution < 1.29 is 19.1 Å². The van der Waals surface area contributed by atoms with E-state index in [0.717, 1.165) is 36.7 Å². The number of aryl methyl sites for hydroxylation is 1. The van der Waals surface area contributed by atoms with Gasteiger partial charge in [0, 0.05) is 24.2 Å². The molecule has 0 aliphatic heterocycles. The maximum absolute atomic E-state index is 12.8. The Kier molecular flexibility index (Phi) is 9.80. The Morgan fingerprint density at radius 3 is 2.53 bits per heavy atom. The number of nitrogens with two attached hydrogens (primary N) is 1. The minimum atomic E-state index is -4.03. The van der Waals surface area contributed by atoms with Gasteiger partial charge in [-0.3, -0.25) is 9.36 Å². The van der Waals surface area contributed by atoms with Gasteiger partial charge >= 0.3 is 7.60 Å². The van der Waals surface area contributed by atoms with Crippen molar-refractivity contribution in [2.75, 3.05) is 6.16 Å². The van der Waals surface area contributed by atoms with E-state index in [2.05, 4.69) is 4.57 Å². The maximum Gasteiger partial charge on any atom is 0.325 e. The molecular weight excluding hydrogens is 399 g/mol. The van der Waals surface area contributed by atoms with Crippen LogP contribution in [0, 0.1) is 5.92 Å². The summed E-state index contributed by atoms with van der Waals surface area (Å²) in [5.41, 5.74) is 7.45. The highest BCUT2D eigenvalue weighted by Gasteiger charge is 2.24. The minimum absolute atomic E-state index is 0.195. The van der Waals surface area contributed by atoms with Crippen LogP contribution in [0.25, 0.3) is 0 Å². The monoisotopic (exact) mass is 440 g/mol. The van der Waals surface area contributed by atoms with Gasteiger partial charge in [0.05, 0.1) is 11.9 Å². The van der Waals surface area contributed by atoms with Gasteiger partial charge in [0.1, 0.15) is 0 Å². The number of unbranched alkanes of at least 4 members (excludes halogenated alkanes) is 1. The number of carbonyl (C=O) groups is 1. The molecular formula is C23H41N2O4P. The Hall–Kier alpha value is -0.940. The van der Waals surface area contributed by atoms with Gasteiger partial charge < -0.3 is 20.1 Å². The van der Waals surface area contributed by atoms with Crippen LogP contribution >= 0.6 is 7.60 Å². The average Bonchev–Trinajstić information content (AvgIpc) is 3.12. The summed E-state index contributed by atoms with van der Waals surface area (Å²) in [6, 6.07) is 3.92. The molecule has 0 saturated heterocycles. The van der Waals surface area contributed by atoms with Crippen LogP contribution in [0.2, 0.25) is 0 Å². The highest BCUT2D eigenvalue weighted by atomic mass is 31.2. The minimum Gasteiger partial charge on any atom is -0.343 e. The predicted octanol–water partition coefficient (Wildman–Crippen LogP) is 5.05. The molecule has 172 valence electrons. The molecule has 6 nitrogen and oxygen atoms in total. The smallest absolute Gasteiger partial charge is 0.325 e. The van der Waals surface area contributed by atoms with Gasteiger partial charge in [-0.1, -0.05) is 44.9 Å². The zero-order valence-electron chi connectivity index (χ0n) is 18.8. The summed E-state index contributed by atoms with van der Waals surface area (Å²) in [7, 11) is -4.03. The fourth-order valence-corrected chi connectivity index (χ4v) is 5.41. The molecule has 2 rings (SSSR count). The van der Waals surface area contributed by atoms with Gasteiger partial charge in [0.15, 0.2) is 5.78 Å². The van der Waals surface area contributed by atoms with Gasteiger partial charge in [0.25, 0.3) is 0 Å². The number of ketones is 1. The third kappa shape index (κ3) is 8.66. The van der Waals surface area contributed by atoms with Crippen LogP contribution in [0.1, 0.15) is 101 Å². The van der Waals surface area contributed by atoms with Crippen molar-refractivity contribution in [2.24, 2.45) is 11.7 Å². The van der Waals surface area contributed by atoms with Crippen molar-refractivity contribution in [3.8, 4) is 0 Å². The molecule has 0 radical (unpaired) electrons. The van der Waals surface area contributed by atoms with E-state index in [9.17, 15) is 9.36 Å². The number of carbonyl (C=O) groups excluding carboxylic acids is 1. The SMILES string of the molecule is CCn1c(CCC(C)(N)CCP(=O)(O)O)ccc1C(=O)CCCCC1CCCCC1. The topological polar surface area (TPSA) is 106 Å². The second kappa shape index (κ2) is 11.6. The van der Waals surface area contributed by atoms with Crippen LogP contribution in [0.5, 0.6) is 0 Å². The molecule has 1 unspecified atom stereocenters. The third-order valence-corrected chi connectivity index (χ3v) is 7.40. The second-order valence-electron chi connectivity index (χ2n) is 9.42. The molecule has 1 aromatic heterocycles. The van der Waals surface area contributed by atoms with Gasteiger partial charge in [-0.25, -0.2) is 0 Å². The number of aromatic nitrogens is 1. The first-order valence-electron chi connectivity index (χ1n) is 11.7. The molecule has 1 aliphatic rings. The Morgan fingerprint density at radius 1 is 1.20 bits per heavy atom. The lowest BCUT2D eigenvalue weighted by Crippen LogP contribution is -2.37. The van der Waals surface area contributed by atoms with E-state index in [-0.39, 0.29) is 18.4 Å². The standard InChI is InChI=1S/C23H41N2O4P/c1-3-25-20(15-16-23(2,24)17-18-30(27,28)29)13-14-21(25)22(26)12-8-7-11-19-9-5-4-6-10-19/h13-14,19H,3-12,15-18,24H2,1-2H3,(H2,27,28,29). The summed E-state index contributed by atoms with van der Waals surface area (Å²) in [5.74, 6) is 1.08. The van der Waals surface area contributed by atoms with Crippen LogP contribution in [-0.2, 0) is 17.5 Å². The molecule has 1 aliphatic carbocycles. The summed E-state index contributed by atoms with van der Waals surface area (Å²) >= 11 is 0. The van der Waals surface area contributed by atoms with E-state index in [1.807, 2.05) is 26.0 Å². The summed E-state index contributed by atoms with van der Waals surface area (Å²) < 4.78 is 13.2. The van der Waals surface area contributed by atoms with Gasteiger partial charge in [-0.2, -0.15) is 0 Å². The predicted molar refractivity (Wildman–Crippen MR) is 122 cm³/mol. The molecule has 1 atom stereocenters. The van der Waals surface area contributed by atoms with Crippen molar-refractivity contribution in [1.82, 2.24) is 4.57 Å². The summed E-state index contributed by atoms with van der Waals surface area (Å²) in [6.07, 6.45) is 12.2. The number of rotatable bonds is 13. The van der Waals surface area contributed by atoms with Crippen molar-refractivity contribution in [3.05, 3.63) is 23.5 Å². The molecule has 7 heteroatoms. The van der Waals surface area contributed by atoms with Crippen LogP contribution < -0.4 is 5.73 Å². The summed E-state index contributed by atoms with van der Waals surface area (Å²) in [6.45, 7) is 4.61. The normalized spacial score (nSPS) is 17.8. The van der Waals surface area contributed by atoms with Crippen LogP contribution in [0.4, 0.5) is 0 Å². The quantitative estimate of drug-likeness (QED) is 0.226. The average molecular weight is 441 g/mol. The van der Waals surface area contributed by atoms with Gasteiger partial charge in [-0.05, 0) is 57.6 Å². The molecule has 1 saturated carbocycles. The van der Waals surface area contributed by atoms with Crippen molar-refractivity contribution >= 4 is 13.4 Å². The first kappa shape index (κ1) is 25.3. The van der Waals surface area contributed by atoms with E-state index >= 15 is 0 Å². The Bertz CT molecular complexity index is 717. The van der Waals surface area contributed by atoms with Gasteiger partial charge in [-0.15, -0.1) is 0 Å². The van der Waals surface area contributed by atoms with E-state index in [1.165, 1.54) is 38.5 Å². The summed E-state index contributed by atoms with van der Waals surface area (Å²) in [4.78, 5) is 30.9. The van der Waals surface area contributed by atoms with Crippen LogP contribution in [0.3, 0.4) is 0 Å². The molecule has 1 heterocycles. The first-order chi connectivity index (χ1) is 14.1. The van der Waals surface area contributed by atoms with Crippen LogP contribution in [-0.4, -0.2) is 31.8 Å². The Labute approximate surface area is 181 Å². The first-order valence-corrected chi connectivity index (χ1v) is 13.5. The van der Waals surface area contributed by atoms with E-state index in [4.69, 9.17) is 15.5 Å². The Balaban J connectivity index is 1.83. The number of hydrogen-bond acceptors (Lipinski definition) is 3. The Morgan fingerprint density at radius 2 is 1.90 bits per heavy atom. The maximum atomic E-state index is 12.8. The van der Waals surface area contributed by atoms with E-state index in [0.29, 0.717) is 19.3 Å². The number of hydrogen-bond donors (Lipinski definition) is 3. The van der Waals surface area contributed by atoms with Crippen molar-refractivity contribution in [2.45, 2.75) is 103 Å². The lowest BCUT2D eigenvalue weighted by molar-refractivity contribution is 0.0969. The highest BCUT2D eigenvalue weighted by molar-refractivity contribution is 7.51. The van der Waals surface area contributed by atoms with Crippen molar-refractivity contribution in [3.63, 3.8) is 0 Å². The molecule has 0 spiro atoms. The molecule has 0 amide bonds. The second-order valence-corrected chi connectivity index (χ2v) is 11.2. The molecule has 30 heavy (non-hydrogen) atoms. The molecule has 0 aromatic carbocycles. The zero-order valence-corrected chi connectivity index (χ0v) is 19.7. The largest absolute Gasteiger partial charge is 0.343 e. The third-order valence-electron chi connectivity index (χ3n) is 6.59. The van der Waals surface area contributed by atoms with E-state index < -0.39 is 13.1 Å². The van der Waals surface area contributed by atoms with E-state index in [1.54, 1.807) is 0 Å². The van der Waals surface area contributed by atoms with Crippen molar-refractivity contribution in [1.29, 1.82) is 0 Å².